The third-order valence-electron chi connectivity index (χ3n) is 3.23. The molecule has 1 aliphatic heterocycles. The topological polar surface area (TPSA) is 41.6 Å². The number of carbonyl (C=O) groups excluding carboxylic acids is 1. The number of rotatable bonds is 4. The van der Waals surface area contributed by atoms with Gasteiger partial charge in [-0.25, -0.2) is 0 Å². The van der Waals surface area contributed by atoms with E-state index in [1.165, 1.54) is 0 Å². The molecule has 0 bridgehead atoms. The molecule has 0 unspecified atom stereocenters. The maximum Gasteiger partial charge on any atom is 0.180 e. The summed E-state index contributed by atoms with van der Waals surface area (Å²) < 4.78 is 5.26. The zero-order valence-electron chi connectivity index (χ0n) is 11.0. The Morgan fingerprint density at radius 2 is 2.11 bits per heavy atom. The Morgan fingerprint density at radius 3 is 2.78 bits per heavy atom. The smallest absolute Gasteiger partial charge is 0.180 e. The van der Waals surface area contributed by atoms with Crippen LogP contribution in [0.5, 0.6) is 5.75 Å². The second kappa shape index (κ2) is 5.98. The van der Waals surface area contributed by atoms with Gasteiger partial charge in [0.25, 0.3) is 0 Å². The number of nitrogens with one attached hydrogen (secondary N) is 1. The van der Waals surface area contributed by atoms with E-state index in [0.29, 0.717) is 17.9 Å². The van der Waals surface area contributed by atoms with E-state index in [1.807, 2.05) is 25.1 Å². The molecule has 0 amide bonds. The lowest BCUT2D eigenvalue weighted by Crippen LogP contribution is -2.45. The van der Waals surface area contributed by atoms with E-state index in [4.69, 9.17) is 4.74 Å². The van der Waals surface area contributed by atoms with Crippen LogP contribution in [0.2, 0.25) is 0 Å². The van der Waals surface area contributed by atoms with Crippen LogP contribution in [-0.2, 0) is 0 Å². The first-order valence-electron chi connectivity index (χ1n) is 6.31. The number of piperazine rings is 1. The minimum atomic E-state index is 0.137. The molecule has 0 spiro atoms. The van der Waals surface area contributed by atoms with Crippen LogP contribution in [0.1, 0.15) is 15.9 Å². The van der Waals surface area contributed by atoms with Gasteiger partial charge >= 0.3 is 0 Å². The lowest BCUT2D eigenvalue weighted by molar-refractivity contribution is 0.0918. The summed E-state index contributed by atoms with van der Waals surface area (Å²) >= 11 is 0. The van der Waals surface area contributed by atoms with E-state index >= 15 is 0 Å². The Kier molecular flexibility index (Phi) is 4.33. The molecule has 0 saturated carbocycles. The van der Waals surface area contributed by atoms with Crippen molar-refractivity contribution in [2.75, 3.05) is 39.8 Å². The molecule has 0 atom stereocenters. The lowest BCUT2D eigenvalue weighted by Gasteiger charge is -2.26. The van der Waals surface area contributed by atoms with Gasteiger partial charge in [-0.15, -0.1) is 0 Å². The number of ether oxygens (including phenoxy) is 1. The Balaban J connectivity index is 2.09. The van der Waals surface area contributed by atoms with E-state index in [2.05, 4.69) is 10.2 Å². The van der Waals surface area contributed by atoms with E-state index in [-0.39, 0.29) is 5.78 Å². The maximum absolute atomic E-state index is 12.3. The van der Waals surface area contributed by atoms with Crippen LogP contribution in [-0.4, -0.2) is 50.5 Å². The van der Waals surface area contributed by atoms with Crippen LogP contribution in [0.25, 0.3) is 0 Å². The van der Waals surface area contributed by atoms with Crippen LogP contribution < -0.4 is 10.1 Å². The van der Waals surface area contributed by atoms with Crippen molar-refractivity contribution >= 4 is 5.78 Å². The molecule has 98 valence electrons. The standard InChI is InChI=1S/C14H20N2O2/c1-11-3-4-14(18-2)12(9-11)13(17)10-16-7-5-15-6-8-16/h3-4,9,15H,5-8,10H2,1-2H3. The van der Waals surface area contributed by atoms with Crippen molar-refractivity contribution < 1.29 is 9.53 Å². The first-order chi connectivity index (χ1) is 8.70. The molecule has 1 N–H and O–H groups in total. The van der Waals surface area contributed by atoms with Crippen molar-refractivity contribution in [3.05, 3.63) is 29.3 Å². The zero-order valence-corrected chi connectivity index (χ0v) is 11.0. The Morgan fingerprint density at radius 1 is 1.39 bits per heavy atom. The largest absolute Gasteiger partial charge is 0.496 e. The summed E-state index contributed by atoms with van der Waals surface area (Å²) in [7, 11) is 1.60. The van der Waals surface area contributed by atoms with E-state index in [9.17, 15) is 4.79 Å². The summed E-state index contributed by atoms with van der Waals surface area (Å²) in [5.74, 6) is 0.804. The molecule has 18 heavy (non-hydrogen) atoms. The first kappa shape index (κ1) is 13.1. The zero-order chi connectivity index (χ0) is 13.0. The third-order valence-corrected chi connectivity index (χ3v) is 3.23. The number of ketones is 1. The van der Waals surface area contributed by atoms with Crippen molar-refractivity contribution in [1.29, 1.82) is 0 Å². The van der Waals surface area contributed by atoms with Gasteiger partial charge in [0.2, 0.25) is 0 Å². The van der Waals surface area contributed by atoms with Gasteiger partial charge in [-0.1, -0.05) is 11.6 Å². The average molecular weight is 248 g/mol. The van der Waals surface area contributed by atoms with Crippen molar-refractivity contribution in [1.82, 2.24) is 10.2 Å². The number of methoxy groups -OCH3 is 1. The minimum Gasteiger partial charge on any atom is -0.496 e. The number of Topliss-reactive ketones (excluding diaryl/α,β-unsaturated/α-hetero) is 1. The summed E-state index contributed by atoms with van der Waals surface area (Å²) in [5.41, 5.74) is 1.77. The molecule has 1 aromatic rings. The quantitative estimate of drug-likeness (QED) is 0.810. The first-order valence-corrected chi connectivity index (χ1v) is 6.31. The predicted octanol–water partition coefficient (Wildman–Crippen LogP) is 1.09. The van der Waals surface area contributed by atoms with Gasteiger partial charge in [-0.05, 0) is 19.1 Å². The number of aryl methyl sites for hydroxylation is 1. The highest BCUT2D eigenvalue weighted by molar-refractivity contribution is 6.00. The summed E-state index contributed by atoms with van der Waals surface area (Å²) in [4.78, 5) is 14.5. The number of nitrogens with zero attached hydrogens (tertiary/aromatic N) is 1. The lowest BCUT2D eigenvalue weighted by atomic mass is 10.1. The highest BCUT2D eigenvalue weighted by atomic mass is 16.5. The van der Waals surface area contributed by atoms with Gasteiger partial charge in [-0.3, -0.25) is 9.69 Å². The maximum atomic E-state index is 12.3. The predicted molar refractivity (Wildman–Crippen MR) is 71.4 cm³/mol. The van der Waals surface area contributed by atoms with Crippen molar-refractivity contribution in [3.63, 3.8) is 0 Å². The van der Waals surface area contributed by atoms with Crippen LogP contribution in [0.4, 0.5) is 0 Å². The number of carbonyl (C=O) groups is 1. The second-order valence-corrected chi connectivity index (χ2v) is 4.65. The van der Waals surface area contributed by atoms with Crippen LogP contribution in [0.3, 0.4) is 0 Å². The van der Waals surface area contributed by atoms with Gasteiger partial charge in [-0.2, -0.15) is 0 Å². The highest BCUT2D eigenvalue weighted by Crippen LogP contribution is 2.20. The number of hydrogen-bond donors (Lipinski definition) is 1. The van der Waals surface area contributed by atoms with Crippen LogP contribution in [0.15, 0.2) is 18.2 Å². The Labute approximate surface area is 108 Å². The van der Waals surface area contributed by atoms with E-state index < -0.39 is 0 Å². The summed E-state index contributed by atoms with van der Waals surface area (Å²) in [6, 6.07) is 5.73. The van der Waals surface area contributed by atoms with Gasteiger partial charge in [0.15, 0.2) is 5.78 Å². The van der Waals surface area contributed by atoms with Crippen LogP contribution in [0, 0.1) is 6.92 Å². The molecule has 0 aliphatic carbocycles. The Hall–Kier alpha value is -1.39. The molecule has 1 aromatic carbocycles. The third kappa shape index (κ3) is 3.09. The molecule has 4 nitrogen and oxygen atoms in total. The van der Waals surface area contributed by atoms with E-state index in [1.54, 1.807) is 7.11 Å². The number of hydrogen-bond acceptors (Lipinski definition) is 4. The van der Waals surface area contributed by atoms with Crippen LogP contribution >= 0.6 is 0 Å². The van der Waals surface area contributed by atoms with Crippen molar-refractivity contribution in [3.8, 4) is 5.75 Å². The molecular formula is C14H20N2O2. The molecular weight excluding hydrogens is 228 g/mol. The molecule has 4 heteroatoms. The molecule has 1 fully saturated rings. The fraction of sp³-hybridized carbons (Fsp3) is 0.500. The molecule has 0 aromatic heterocycles. The number of benzene rings is 1. The molecule has 2 rings (SSSR count). The molecule has 1 saturated heterocycles. The molecule has 0 radical (unpaired) electrons. The fourth-order valence-corrected chi connectivity index (χ4v) is 2.20. The molecule has 1 aliphatic rings. The average Bonchev–Trinajstić information content (AvgIpc) is 2.40. The second-order valence-electron chi connectivity index (χ2n) is 4.65. The SMILES string of the molecule is COc1ccc(C)cc1C(=O)CN1CCNCC1. The van der Waals surface area contributed by atoms with E-state index in [0.717, 1.165) is 31.7 Å². The normalized spacial score (nSPS) is 16.6. The van der Waals surface area contributed by atoms with Crippen molar-refractivity contribution in [2.45, 2.75) is 6.92 Å². The van der Waals surface area contributed by atoms with Gasteiger partial charge in [0.05, 0.1) is 19.2 Å². The van der Waals surface area contributed by atoms with Crippen molar-refractivity contribution in [2.24, 2.45) is 0 Å². The Bertz CT molecular complexity index is 426. The van der Waals surface area contributed by atoms with Gasteiger partial charge in [0.1, 0.15) is 5.75 Å². The summed E-state index contributed by atoms with van der Waals surface area (Å²) in [6.45, 7) is 6.23. The van der Waals surface area contributed by atoms with Gasteiger partial charge < -0.3 is 10.1 Å². The monoisotopic (exact) mass is 248 g/mol. The minimum absolute atomic E-state index is 0.137. The fourth-order valence-electron chi connectivity index (χ4n) is 2.20. The highest BCUT2D eigenvalue weighted by Gasteiger charge is 2.17. The van der Waals surface area contributed by atoms with Gasteiger partial charge in [0, 0.05) is 26.2 Å². The summed E-state index contributed by atoms with van der Waals surface area (Å²) in [6.07, 6.45) is 0. The summed E-state index contributed by atoms with van der Waals surface area (Å²) in [5, 5.41) is 3.28. The molecule has 1 heterocycles.